The lowest BCUT2D eigenvalue weighted by atomic mass is 10.1. The summed E-state index contributed by atoms with van der Waals surface area (Å²) in [5.41, 5.74) is 11.4. The summed E-state index contributed by atoms with van der Waals surface area (Å²) >= 11 is 0. The molecule has 0 unspecified atom stereocenters. The minimum Gasteiger partial charge on any atom is -0.383 e. The quantitative estimate of drug-likeness (QED) is 0.605. The molecule has 4 rings (SSSR count). The number of aromatic nitrogens is 3. The fraction of sp³-hybridized carbons (Fsp3) is 0.0526. The van der Waals surface area contributed by atoms with E-state index in [0.717, 1.165) is 33.7 Å². The summed E-state index contributed by atoms with van der Waals surface area (Å²) in [6.45, 7) is 2.00. The summed E-state index contributed by atoms with van der Waals surface area (Å²) in [5, 5.41) is 0. The molecule has 0 spiro atoms. The van der Waals surface area contributed by atoms with Crippen LogP contribution in [0.1, 0.15) is 5.69 Å². The third-order valence-electron chi connectivity index (χ3n) is 4.13. The average molecular weight is 318 g/mol. The predicted molar refractivity (Wildman–Crippen MR) is 93.0 cm³/mol. The Bertz CT molecular complexity index is 1040. The van der Waals surface area contributed by atoms with Crippen molar-refractivity contribution in [1.29, 1.82) is 0 Å². The number of nitrogens with zero attached hydrogens (tertiary/aromatic N) is 3. The van der Waals surface area contributed by atoms with Gasteiger partial charge in [0, 0.05) is 23.7 Å². The normalized spacial score (nSPS) is 11.1. The Hall–Kier alpha value is -3.21. The van der Waals surface area contributed by atoms with Crippen LogP contribution in [0.15, 0.2) is 60.9 Å². The second kappa shape index (κ2) is 5.45. The smallest absolute Gasteiger partial charge is 0.137 e. The molecule has 0 aliphatic carbocycles. The van der Waals surface area contributed by atoms with Gasteiger partial charge in [0.15, 0.2) is 0 Å². The van der Waals surface area contributed by atoms with Gasteiger partial charge in [-0.1, -0.05) is 12.1 Å². The van der Waals surface area contributed by atoms with E-state index < -0.39 is 0 Å². The monoisotopic (exact) mass is 318 g/mol. The van der Waals surface area contributed by atoms with Crippen LogP contribution in [0.2, 0.25) is 0 Å². The second-order valence-corrected chi connectivity index (χ2v) is 5.63. The first-order valence-electron chi connectivity index (χ1n) is 7.59. The third-order valence-corrected chi connectivity index (χ3v) is 4.13. The molecule has 0 aliphatic rings. The van der Waals surface area contributed by atoms with E-state index in [1.807, 2.05) is 41.8 Å². The molecule has 0 saturated heterocycles. The molecule has 0 aliphatic heterocycles. The zero-order valence-electron chi connectivity index (χ0n) is 13.1. The predicted octanol–water partition coefficient (Wildman–Crippen LogP) is 4.09. The molecule has 0 bridgehead atoms. The van der Waals surface area contributed by atoms with Crippen LogP contribution in [-0.2, 0) is 0 Å². The van der Waals surface area contributed by atoms with Crippen molar-refractivity contribution in [2.75, 3.05) is 5.73 Å². The van der Waals surface area contributed by atoms with E-state index in [2.05, 4.69) is 9.97 Å². The summed E-state index contributed by atoms with van der Waals surface area (Å²) < 4.78 is 15.1. The number of rotatable bonds is 2. The van der Waals surface area contributed by atoms with Crippen molar-refractivity contribution in [3.05, 3.63) is 72.4 Å². The highest BCUT2D eigenvalue weighted by Gasteiger charge is 2.13. The zero-order valence-corrected chi connectivity index (χ0v) is 13.1. The average Bonchev–Trinajstić information content (AvgIpc) is 2.92. The van der Waals surface area contributed by atoms with Crippen LogP contribution in [0, 0.1) is 12.7 Å². The van der Waals surface area contributed by atoms with Gasteiger partial charge < -0.3 is 10.1 Å². The van der Waals surface area contributed by atoms with Crippen molar-refractivity contribution in [2.24, 2.45) is 0 Å². The molecule has 0 fully saturated rings. The van der Waals surface area contributed by atoms with Crippen LogP contribution in [-0.4, -0.2) is 14.4 Å². The molecule has 0 radical (unpaired) electrons. The first kappa shape index (κ1) is 14.4. The number of halogens is 1. The van der Waals surface area contributed by atoms with Gasteiger partial charge in [-0.3, -0.25) is 0 Å². The van der Waals surface area contributed by atoms with Gasteiger partial charge in [-0.2, -0.15) is 0 Å². The molecule has 0 saturated carbocycles. The van der Waals surface area contributed by atoms with E-state index in [1.54, 1.807) is 18.3 Å². The van der Waals surface area contributed by atoms with E-state index in [4.69, 9.17) is 5.73 Å². The largest absolute Gasteiger partial charge is 0.383 e. The van der Waals surface area contributed by atoms with Gasteiger partial charge in [-0.25, -0.2) is 14.4 Å². The van der Waals surface area contributed by atoms with Gasteiger partial charge in [-0.05, 0) is 54.4 Å². The minimum atomic E-state index is -0.243. The lowest BCUT2D eigenvalue weighted by Crippen LogP contribution is -1.94. The van der Waals surface area contributed by atoms with Crippen molar-refractivity contribution in [1.82, 2.24) is 14.4 Å². The van der Waals surface area contributed by atoms with Crippen LogP contribution >= 0.6 is 0 Å². The molecule has 0 amide bonds. The first-order valence-corrected chi connectivity index (χ1v) is 7.59. The number of fused-ring (bicyclic) bond motifs is 1. The Morgan fingerprint density at radius 1 is 1.00 bits per heavy atom. The number of pyridine rings is 2. The molecule has 1 aromatic carbocycles. The van der Waals surface area contributed by atoms with E-state index in [0.29, 0.717) is 5.82 Å². The van der Waals surface area contributed by atoms with Crippen LogP contribution in [0.4, 0.5) is 10.2 Å². The van der Waals surface area contributed by atoms with E-state index in [9.17, 15) is 4.39 Å². The van der Waals surface area contributed by atoms with E-state index in [-0.39, 0.29) is 5.82 Å². The summed E-state index contributed by atoms with van der Waals surface area (Å²) in [4.78, 5) is 8.81. The number of hydrogen-bond donors (Lipinski definition) is 1. The van der Waals surface area contributed by atoms with Crippen LogP contribution < -0.4 is 5.73 Å². The summed E-state index contributed by atoms with van der Waals surface area (Å²) in [6.07, 6.45) is 3.66. The van der Waals surface area contributed by atoms with Crippen molar-refractivity contribution in [2.45, 2.75) is 6.92 Å². The number of aryl methyl sites for hydroxylation is 1. The number of nitrogens with two attached hydrogens (primary N) is 1. The number of nitrogen functional groups attached to an aromatic ring is 1. The minimum absolute atomic E-state index is 0.243. The Balaban J connectivity index is 1.88. The maximum atomic E-state index is 13.1. The topological polar surface area (TPSA) is 56.2 Å². The SMILES string of the molecule is Cc1c(-c2cccnc2N)nc2ccc(-c3ccc(F)cc3)cn12. The Kier molecular flexibility index (Phi) is 3.27. The molecule has 0 atom stereocenters. The van der Waals surface area contributed by atoms with Crippen LogP contribution in [0.25, 0.3) is 28.0 Å². The third kappa shape index (κ3) is 2.31. The van der Waals surface area contributed by atoms with Crippen molar-refractivity contribution in [3.8, 4) is 22.4 Å². The molecule has 2 N–H and O–H groups in total. The summed E-state index contributed by atoms with van der Waals surface area (Å²) in [5.74, 6) is 0.218. The summed E-state index contributed by atoms with van der Waals surface area (Å²) in [7, 11) is 0. The molecule has 24 heavy (non-hydrogen) atoms. The number of hydrogen-bond acceptors (Lipinski definition) is 3. The highest BCUT2D eigenvalue weighted by atomic mass is 19.1. The summed E-state index contributed by atoms with van der Waals surface area (Å²) in [6, 6.07) is 14.1. The number of imidazole rings is 1. The van der Waals surface area contributed by atoms with E-state index >= 15 is 0 Å². The molecular formula is C19H15FN4. The zero-order chi connectivity index (χ0) is 16.7. The maximum Gasteiger partial charge on any atom is 0.137 e. The standard InChI is InChI=1S/C19H15FN4/c1-12-18(16-3-2-10-22-19(16)21)23-17-9-6-14(11-24(12)17)13-4-7-15(20)8-5-13/h2-11H,1H3,(H2,21,22). The Morgan fingerprint density at radius 3 is 2.50 bits per heavy atom. The number of benzene rings is 1. The van der Waals surface area contributed by atoms with Crippen molar-refractivity contribution in [3.63, 3.8) is 0 Å². The van der Waals surface area contributed by atoms with Gasteiger partial charge in [-0.15, -0.1) is 0 Å². The maximum absolute atomic E-state index is 13.1. The first-order chi connectivity index (χ1) is 11.6. The van der Waals surface area contributed by atoms with Crippen LogP contribution in [0.3, 0.4) is 0 Å². The Labute approximate surface area is 138 Å². The lowest BCUT2D eigenvalue weighted by molar-refractivity contribution is 0.628. The molecule has 118 valence electrons. The number of anilines is 1. The lowest BCUT2D eigenvalue weighted by Gasteiger charge is -2.05. The fourth-order valence-electron chi connectivity index (χ4n) is 2.85. The van der Waals surface area contributed by atoms with Gasteiger partial charge >= 0.3 is 0 Å². The van der Waals surface area contributed by atoms with Crippen molar-refractivity contribution < 1.29 is 4.39 Å². The fourth-order valence-corrected chi connectivity index (χ4v) is 2.85. The van der Waals surface area contributed by atoms with Gasteiger partial charge in [0.2, 0.25) is 0 Å². The molecule has 3 aromatic heterocycles. The molecule has 4 aromatic rings. The van der Waals surface area contributed by atoms with Crippen LogP contribution in [0.5, 0.6) is 0 Å². The molecule has 5 heteroatoms. The molecular weight excluding hydrogens is 303 g/mol. The van der Waals surface area contributed by atoms with Gasteiger partial charge in [0.1, 0.15) is 17.3 Å². The van der Waals surface area contributed by atoms with Gasteiger partial charge in [0.05, 0.1) is 5.69 Å². The molecule has 3 heterocycles. The Morgan fingerprint density at radius 2 is 1.75 bits per heavy atom. The molecule has 4 nitrogen and oxygen atoms in total. The van der Waals surface area contributed by atoms with Gasteiger partial charge in [0.25, 0.3) is 0 Å². The van der Waals surface area contributed by atoms with Crippen molar-refractivity contribution >= 4 is 11.5 Å². The highest BCUT2D eigenvalue weighted by molar-refractivity contribution is 5.75. The second-order valence-electron chi connectivity index (χ2n) is 5.63. The highest BCUT2D eigenvalue weighted by Crippen LogP contribution is 2.29. The van der Waals surface area contributed by atoms with E-state index in [1.165, 1.54) is 12.1 Å².